The summed E-state index contributed by atoms with van der Waals surface area (Å²) in [6.45, 7) is 10.1. The Morgan fingerprint density at radius 2 is 1.89 bits per heavy atom. The minimum Gasteiger partial charge on any atom is -0.263 e. The first kappa shape index (κ1) is 17.4. The summed E-state index contributed by atoms with van der Waals surface area (Å²) in [7, 11) is 1.08. The summed E-state index contributed by atoms with van der Waals surface area (Å²) >= 11 is 0. The maximum Gasteiger partial charge on any atom is 0.0307 e. The van der Waals surface area contributed by atoms with Gasteiger partial charge in [0.05, 0.1) is 0 Å². The second kappa shape index (κ2) is 9.32. The van der Waals surface area contributed by atoms with Gasteiger partial charge in [-0.2, -0.15) is 6.58 Å². The molecule has 0 spiro atoms. The van der Waals surface area contributed by atoms with Crippen molar-refractivity contribution in [2.24, 2.45) is 0 Å². The van der Waals surface area contributed by atoms with E-state index in [1.165, 1.54) is 16.7 Å². The van der Waals surface area contributed by atoms with Crippen molar-refractivity contribution in [2.75, 3.05) is 0 Å². The Bertz CT molecular complexity index is 432. The molecular formula is C16H19SiTi-. The number of hydrogen-bond donors (Lipinski definition) is 0. The van der Waals surface area contributed by atoms with E-state index in [2.05, 4.69) is 63.0 Å². The van der Waals surface area contributed by atoms with Gasteiger partial charge in [0.25, 0.3) is 0 Å². The van der Waals surface area contributed by atoms with Crippen LogP contribution in [0, 0.1) is 6.08 Å². The number of allylic oxidation sites excluding steroid dienone is 4. The molecule has 0 fully saturated rings. The largest absolute Gasteiger partial charge is 0.263 e. The smallest absolute Gasteiger partial charge is 0.0307 e. The third-order valence-corrected chi connectivity index (χ3v) is 2.53. The van der Waals surface area contributed by atoms with Gasteiger partial charge in [-0.15, -0.1) is 0 Å². The molecule has 0 aromatic heterocycles. The molecule has 0 saturated carbocycles. The molecule has 0 bridgehead atoms. The van der Waals surface area contributed by atoms with Gasteiger partial charge in [-0.3, -0.25) is 6.08 Å². The van der Waals surface area contributed by atoms with E-state index in [9.17, 15) is 0 Å². The summed E-state index contributed by atoms with van der Waals surface area (Å²) in [6, 6.07) is 8.46. The molecule has 1 atom stereocenters. The zero-order valence-corrected chi connectivity index (χ0v) is 13.9. The Balaban J connectivity index is 0.000000660. The van der Waals surface area contributed by atoms with Crippen LogP contribution in [-0.4, -0.2) is 9.52 Å². The topological polar surface area (TPSA) is 0 Å². The van der Waals surface area contributed by atoms with Crippen LogP contribution in [0.1, 0.15) is 24.0 Å². The third kappa shape index (κ3) is 4.56. The average Bonchev–Trinajstić information content (AvgIpc) is 2.63. The molecule has 1 aromatic carbocycles. The van der Waals surface area contributed by atoms with Gasteiger partial charge in [-0.25, -0.2) is 12.2 Å². The molecule has 0 saturated heterocycles. The first-order valence-corrected chi connectivity index (χ1v) is 7.80. The van der Waals surface area contributed by atoms with Crippen LogP contribution in [0.3, 0.4) is 0 Å². The molecule has 0 amide bonds. The van der Waals surface area contributed by atoms with Crippen molar-refractivity contribution >= 4 is 15.6 Å². The molecule has 1 unspecified atom stereocenters. The van der Waals surface area contributed by atoms with E-state index in [1.54, 1.807) is 6.08 Å². The van der Waals surface area contributed by atoms with Crippen molar-refractivity contribution in [3.8, 4) is 0 Å². The van der Waals surface area contributed by atoms with E-state index in [1.807, 2.05) is 6.08 Å². The van der Waals surface area contributed by atoms with E-state index in [0.29, 0.717) is 5.92 Å². The van der Waals surface area contributed by atoms with Gasteiger partial charge in [-0.05, 0) is 18.1 Å². The predicted molar refractivity (Wildman–Crippen MR) is 78.3 cm³/mol. The Kier molecular flexibility index (Phi) is 9.00. The maximum absolute atomic E-state index is 3.67. The molecule has 1 aromatic rings. The van der Waals surface area contributed by atoms with E-state index < -0.39 is 0 Å². The molecule has 92 valence electrons. The van der Waals surface area contributed by atoms with E-state index in [-0.39, 0.29) is 21.7 Å². The molecule has 2 heteroatoms. The maximum atomic E-state index is 3.67. The number of rotatable bonds is 2. The molecule has 2 rings (SSSR count). The first-order chi connectivity index (χ1) is 8.24. The van der Waals surface area contributed by atoms with E-state index >= 15 is 0 Å². The fraction of sp³-hybridized carbons (Fsp3) is 0.250. The third-order valence-electron chi connectivity index (χ3n) is 2.53. The first-order valence-electron chi connectivity index (χ1n) is 5.80. The SMILES string of the molecule is C=CC=[C-]C1C(C)=Cc2ccccc21.C[Si]C.[Ti]. The number of hydrogen-bond acceptors (Lipinski definition) is 0. The van der Waals surface area contributed by atoms with Crippen molar-refractivity contribution < 1.29 is 21.7 Å². The van der Waals surface area contributed by atoms with Gasteiger partial charge >= 0.3 is 0 Å². The van der Waals surface area contributed by atoms with Gasteiger partial charge < -0.3 is 0 Å². The fourth-order valence-electron chi connectivity index (χ4n) is 1.86. The van der Waals surface area contributed by atoms with E-state index in [4.69, 9.17) is 0 Å². The summed E-state index contributed by atoms with van der Waals surface area (Å²) < 4.78 is 0. The Morgan fingerprint density at radius 1 is 1.28 bits per heavy atom. The average molecular weight is 287 g/mol. The predicted octanol–water partition coefficient (Wildman–Crippen LogP) is 4.52. The molecule has 0 N–H and O–H groups in total. The van der Waals surface area contributed by atoms with Gasteiger partial charge in [0, 0.05) is 31.2 Å². The van der Waals surface area contributed by atoms with Crippen LogP contribution in [-0.2, 0) is 21.7 Å². The molecule has 18 heavy (non-hydrogen) atoms. The summed E-state index contributed by atoms with van der Waals surface area (Å²) in [5.41, 5.74) is 4.02. The molecule has 1 aliphatic rings. The molecular weight excluding hydrogens is 268 g/mol. The van der Waals surface area contributed by atoms with Gasteiger partial charge in [0.2, 0.25) is 0 Å². The van der Waals surface area contributed by atoms with Crippen molar-refractivity contribution in [3.63, 3.8) is 0 Å². The van der Waals surface area contributed by atoms with Gasteiger partial charge in [-0.1, -0.05) is 54.9 Å². The van der Waals surface area contributed by atoms with Crippen LogP contribution >= 0.6 is 0 Å². The Labute approximate surface area is 129 Å². The normalized spacial score (nSPS) is 16.2. The number of fused-ring (bicyclic) bond motifs is 1. The fourth-order valence-corrected chi connectivity index (χ4v) is 1.86. The summed E-state index contributed by atoms with van der Waals surface area (Å²) in [5.74, 6) is 0.323. The Hall–Kier alpha value is -0.629. The molecule has 0 heterocycles. The van der Waals surface area contributed by atoms with E-state index in [0.717, 1.165) is 9.52 Å². The van der Waals surface area contributed by atoms with Crippen LogP contribution in [0.5, 0.6) is 0 Å². The zero-order chi connectivity index (χ0) is 12.7. The summed E-state index contributed by atoms with van der Waals surface area (Å²) in [5, 5.41) is 0. The van der Waals surface area contributed by atoms with Crippen molar-refractivity contribution in [2.45, 2.75) is 25.9 Å². The minimum atomic E-state index is 0. The standard InChI is InChI=1S/C14H13.C2H6Si.Ti/c1-3-4-8-13-11(2)10-12-7-5-6-9-14(12)13;1-3-2;/h3-7,9-10,13H,1H2,2H3;1-2H3;/q-1;;. The monoisotopic (exact) mass is 287 g/mol. The summed E-state index contributed by atoms with van der Waals surface area (Å²) in [6.07, 6.45) is 9.22. The molecule has 0 nitrogen and oxygen atoms in total. The zero-order valence-electron chi connectivity index (χ0n) is 11.3. The van der Waals surface area contributed by atoms with Gasteiger partial charge in [0.1, 0.15) is 0 Å². The van der Waals surface area contributed by atoms with Crippen LogP contribution in [0.25, 0.3) is 6.08 Å². The van der Waals surface area contributed by atoms with Crippen LogP contribution in [0.2, 0.25) is 13.1 Å². The molecule has 1 aliphatic carbocycles. The minimum absolute atomic E-state index is 0. The van der Waals surface area contributed by atoms with Crippen LogP contribution < -0.4 is 0 Å². The Morgan fingerprint density at radius 3 is 2.50 bits per heavy atom. The molecule has 0 aliphatic heterocycles. The number of benzene rings is 1. The second-order valence-electron chi connectivity index (χ2n) is 4.02. The van der Waals surface area contributed by atoms with Crippen molar-refractivity contribution in [1.82, 2.24) is 0 Å². The molecule has 2 radical (unpaired) electrons. The van der Waals surface area contributed by atoms with Crippen LogP contribution in [0.15, 0.2) is 48.6 Å². The summed E-state index contributed by atoms with van der Waals surface area (Å²) in [4.78, 5) is 0. The van der Waals surface area contributed by atoms with Crippen molar-refractivity contribution in [3.05, 3.63) is 65.8 Å². The van der Waals surface area contributed by atoms with Crippen LogP contribution in [0.4, 0.5) is 0 Å². The van der Waals surface area contributed by atoms with Crippen molar-refractivity contribution in [1.29, 1.82) is 0 Å². The quantitative estimate of drug-likeness (QED) is 0.426. The van der Waals surface area contributed by atoms with Gasteiger partial charge in [0.15, 0.2) is 0 Å². The second-order valence-corrected chi connectivity index (χ2v) is 5.02.